The van der Waals surface area contributed by atoms with Crippen molar-refractivity contribution in [2.45, 2.75) is 58.1 Å². The molecule has 150 valence electrons. The van der Waals surface area contributed by atoms with Crippen LogP contribution >= 0.6 is 15.9 Å². The number of rotatable bonds is 4. The van der Waals surface area contributed by atoms with E-state index in [4.69, 9.17) is 9.47 Å². The quantitative estimate of drug-likeness (QED) is 0.671. The van der Waals surface area contributed by atoms with Gasteiger partial charge in [0.05, 0.1) is 10.5 Å². The topological polar surface area (TPSA) is 47.6 Å². The lowest BCUT2D eigenvalue weighted by atomic mass is 9.87. The largest absolute Gasteiger partial charge is 0.487 e. The molecule has 1 atom stereocenters. The van der Waals surface area contributed by atoms with Crippen LogP contribution in [0.25, 0.3) is 0 Å². The van der Waals surface area contributed by atoms with Gasteiger partial charge in [0.15, 0.2) is 6.61 Å². The second kappa shape index (κ2) is 7.78. The Kier molecular flexibility index (Phi) is 5.76. The van der Waals surface area contributed by atoms with Crippen molar-refractivity contribution in [3.63, 3.8) is 0 Å². The molecule has 0 saturated carbocycles. The van der Waals surface area contributed by atoms with Crippen molar-refractivity contribution in [2.75, 3.05) is 6.61 Å². The normalized spacial score (nSPS) is 18.0. The van der Waals surface area contributed by atoms with Gasteiger partial charge in [0.1, 0.15) is 17.1 Å². The Balaban J connectivity index is 1.65. The van der Waals surface area contributed by atoms with E-state index in [9.17, 15) is 4.79 Å². The highest BCUT2D eigenvalue weighted by Crippen LogP contribution is 2.39. The summed E-state index contributed by atoms with van der Waals surface area (Å²) in [5, 5.41) is 3.10. The van der Waals surface area contributed by atoms with E-state index < -0.39 is 0 Å². The molecule has 1 aliphatic rings. The predicted molar refractivity (Wildman–Crippen MR) is 115 cm³/mol. The first-order valence-electron chi connectivity index (χ1n) is 9.55. The van der Waals surface area contributed by atoms with Crippen molar-refractivity contribution in [2.24, 2.45) is 0 Å². The fourth-order valence-electron chi connectivity index (χ4n) is 3.39. The van der Waals surface area contributed by atoms with E-state index in [0.29, 0.717) is 12.2 Å². The van der Waals surface area contributed by atoms with Crippen LogP contribution in [0.1, 0.15) is 58.2 Å². The number of para-hydroxylation sites is 1. The Hall–Kier alpha value is -2.01. The number of carbonyl (C=O) groups excluding carboxylic acids is 1. The standard InChI is InChI=1S/C23H28BrNO3/c1-22(2,3)15-10-11-20(17(24)12-15)27-14-21(26)25-18-13-23(4,5)28-19-9-7-6-8-16(18)19/h6-12,18H,13-14H2,1-5H3,(H,25,26)/t18-/m0/s1. The number of hydrogen-bond donors (Lipinski definition) is 1. The van der Waals surface area contributed by atoms with Gasteiger partial charge in [-0.3, -0.25) is 4.79 Å². The highest BCUT2D eigenvalue weighted by Gasteiger charge is 2.34. The summed E-state index contributed by atoms with van der Waals surface area (Å²) in [5.74, 6) is 1.34. The molecule has 0 spiro atoms. The van der Waals surface area contributed by atoms with Crippen molar-refractivity contribution in [1.82, 2.24) is 5.32 Å². The lowest BCUT2D eigenvalue weighted by Gasteiger charge is -2.37. The molecule has 3 rings (SSSR count). The highest BCUT2D eigenvalue weighted by atomic mass is 79.9. The number of amides is 1. The van der Waals surface area contributed by atoms with E-state index in [0.717, 1.165) is 15.8 Å². The van der Waals surface area contributed by atoms with E-state index >= 15 is 0 Å². The monoisotopic (exact) mass is 445 g/mol. The third-order valence-corrected chi connectivity index (χ3v) is 5.49. The van der Waals surface area contributed by atoms with Crippen molar-refractivity contribution < 1.29 is 14.3 Å². The first kappa shape index (κ1) is 20.7. The molecule has 0 unspecified atom stereocenters. The zero-order valence-corrected chi connectivity index (χ0v) is 18.7. The molecule has 1 heterocycles. The van der Waals surface area contributed by atoms with Crippen molar-refractivity contribution in [1.29, 1.82) is 0 Å². The number of hydrogen-bond acceptors (Lipinski definition) is 3. The third-order valence-electron chi connectivity index (χ3n) is 4.87. The first-order valence-corrected chi connectivity index (χ1v) is 10.3. The van der Waals surface area contributed by atoms with Crippen LogP contribution in [0.15, 0.2) is 46.9 Å². The number of fused-ring (bicyclic) bond motifs is 1. The summed E-state index contributed by atoms with van der Waals surface area (Å²) in [6, 6.07) is 13.7. The number of benzene rings is 2. The number of ether oxygens (including phenoxy) is 2. The maximum atomic E-state index is 12.6. The molecule has 0 saturated heterocycles. The molecule has 2 aromatic rings. The molecule has 5 heteroatoms. The minimum Gasteiger partial charge on any atom is -0.487 e. The number of halogens is 1. The smallest absolute Gasteiger partial charge is 0.258 e. The average molecular weight is 446 g/mol. The molecule has 0 fully saturated rings. The predicted octanol–water partition coefficient (Wildman–Crippen LogP) is 5.54. The zero-order chi connectivity index (χ0) is 20.5. The van der Waals surface area contributed by atoms with Crippen LogP contribution in [0.5, 0.6) is 11.5 Å². The van der Waals surface area contributed by atoms with Crippen molar-refractivity contribution in [3.05, 3.63) is 58.1 Å². The maximum Gasteiger partial charge on any atom is 0.258 e. The number of carbonyl (C=O) groups is 1. The summed E-state index contributed by atoms with van der Waals surface area (Å²) in [6.07, 6.45) is 0.708. The van der Waals surface area contributed by atoms with Crippen molar-refractivity contribution in [3.8, 4) is 11.5 Å². The summed E-state index contributed by atoms with van der Waals surface area (Å²) in [7, 11) is 0. The highest BCUT2D eigenvalue weighted by molar-refractivity contribution is 9.10. The van der Waals surface area contributed by atoms with E-state index in [1.807, 2.05) is 56.3 Å². The molecule has 2 aromatic carbocycles. The van der Waals surface area contributed by atoms with Crippen LogP contribution in [0.2, 0.25) is 0 Å². The van der Waals surface area contributed by atoms with Gasteiger partial charge < -0.3 is 14.8 Å². The second-order valence-electron chi connectivity index (χ2n) is 8.91. The Labute approximate surface area is 175 Å². The van der Waals surface area contributed by atoms with Gasteiger partial charge >= 0.3 is 0 Å². The summed E-state index contributed by atoms with van der Waals surface area (Å²) < 4.78 is 12.6. The van der Waals surface area contributed by atoms with Gasteiger partial charge in [-0.05, 0) is 59.0 Å². The Morgan fingerprint density at radius 1 is 1.25 bits per heavy atom. The molecule has 0 bridgehead atoms. The van der Waals surface area contributed by atoms with Gasteiger partial charge in [-0.25, -0.2) is 0 Å². The number of nitrogens with one attached hydrogen (secondary N) is 1. The van der Waals surface area contributed by atoms with Crippen LogP contribution in [-0.4, -0.2) is 18.1 Å². The van der Waals surface area contributed by atoms with Crippen LogP contribution < -0.4 is 14.8 Å². The molecule has 1 aliphatic heterocycles. The van der Waals surface area contributed by atoms with Crippen LogP contribution in [-0.2, 0) is 10.2 Å². The minimum atomic E-state index is -0.334. The fourth-order valence-corrected chi connectivity index (χ4v) is 3.89. The summed E-state index contributed by atoms with van der Waals surface area (Å²) in [4.78, 5) is 12.6. The van der Waals surface area contributed by atoms with Gasteiger partial charge in [-0.15, -0.1) is 0 Å². The fraction of sp³-hybridized carbons (Fsp3) is 0.435. The zero-order valence-electron chi connectivity index (χ0n) is 17.1. The second-order valence-corrected chi connectivity index (χ2v) is 9.76. The molecular weight excluding hydrogens is 418 g/mol. The summed E-state index contributed by atoms with van der Waals surface area (Å²) in [5.41, 5.74) is 1.93. The Morgan fingerprint density at radius 3 is 2.64 bits per heavy atom. The van der Waals surface area contributed by atoms with E-state index in [1.165, 1.54) is 5.56 Å². The maximum absolute atomic E-state index is 12.6. The summed E-state index contributed by atoms with van der Waals surface area (Å²) >= 11 is 3.55. The molecule has 1 N–H and O–H groups in total. The Morgan fingerprint density at radius 2 is 1.96 bits per heavy atom. The van der Waals surface area contributed by atoms with Crippen LogP contribution in [0.4, 0.5) is 0 Å². The van der Waals surface area contributed by atoms with E-state index in [1.54, 1.807) is 0 Å². The van der Waals surface area contributed by atoms with Gasteiger partial charge in [0, 0.05) is 12.0 Å². The third kappa shape index (κ3) is 4.88. The molecule has 0 aliphatic carbocycles. The molecule has 28 heavy (non-hydrogen) atoms. The van der Waals surface area contributed by atoms with Gasteiger partial charge in [-0.1, -0.05) is 45.0 Å². The first-order chi connectivity index (χ1) is 13.0. The van der Waals surface area contributed by atoms with Crippen molar-refractivity contribution >= 4 is 21.8 Å². The average Bonchev–Trinajstić information content (AvgIpc) is 2.59. The SMILES string of the molecule is CC1(C)C[C@H](NC(=O)COc2ccc(C(C)(C)C)cc2Br)c2ccccc2O1. The molecule has 0 aromatic heterocycles. The molecule has 4 nitrogen and oxygen atoms in total. The molecule has 0 radical (unpaired) electrons. The van der Waals surface area contributed by atoms with Gasteiger partial charge in [0.2, 0.25) is 0 Å². The van der Waals surface area contributed by atoms with Gasteiger partial charge in [0.25, 0.3) is 5.91 Å². The van der Waals surface area contributed by atoms with Gasteiger partial charge in [-0.2, -0.15) is 0 Å². The van der Waals surface area contributed by atoms with Crippen LogP contribution in [0.3, 0.4) is 0 Å². The van der Waals surface area contributed by atoms with E-state index in [-0.39, 0.29) is 29.6 Å². The summed E-state index contributed by atoms with van der Waals surface area (Å²) in [6.45, 7) is 10.5. The molecule has 1 amide bonds. The lowest BCUT2D eigenvalue weighted by Crippen LogP contribution is -2.42. The molecular formula is C23H28BrNO3. The Bertz CT molecular complexity index is 870. The van der Waals surface area contributed by atoms with E-state index in [2.05, 4.69) is 42.0 Å². The lowest BCUT2D eigenvalue weighted by molar-refractivity contribution is -0.124. The van der Waals surface area contributed by atoms with Crippen LogP contribution in [0, 0.1) is 0 Å². The minimum absolute atomic E-state index is 0.0343.